The Labute approximate surface area is 776 Å². The smallest absolute Gasteiger partial charge is 0.0547 e. The van der Waals surface area contributed by atoms with Gasteiger partial charge in [0.15, 0.2) is 0 Å². The molecule has 134 heavy (non-hydrogen) atoms. The van der Waals surface area contributed by atoms with Crippen molar-refractivity contribution >= 4 is 109 Å². The van der Waals surface area contributed by atoms with Gasteiger partial charge in [-0.1, -0.05) is 296 Å². The Kier molecular flexibility index (Phi) is 16.1. The molecule has 0 spiro atoms. The summed E-state index contributed by atoms with van der Waals surface area (Å²) in [6.45, 7) is 14.5. The van der Waals surface area contributed by atoms with E-state index in [9.17, 15) is 0 Å². The summed E-state index contributed by atoms with van der Waals surface area (Å²) in [5, 5.41) is 12.3. The van der Waals surface area contributed by atoms with Crippen molar-refractivity contribution in [2.45, 2.75) is 57.8 Å². The predicted octanol–water partition coefficient (Wildman–Crippen LogP) is 34.1. The summed E-state index contributed by atoms with van der Waals surface area (Å²) in [7, 11) is 0. The van der Waals surface area contributed by atoms with Gasteiger partial charge in [0, 0.05) is 98.5 Å². The Morgan fingerprint density at radius 3 is 0.955 bits per heavy atom. The third-order valence-corrected chi connectivity index (χ3v) is 30.8. The van der Waals surface area contributed by atoms with Gasteiger partial charge in [-0.3, -0.25) is 0 Å². The van der Waals surface area contributed by atoms with Crippen LogP contribution in [0.4, 0.5) is 0 Å². The van der Waals surface area contributed by atoms with Crippen LogP contribution in [0.3, 0.4) is 0 Å². The molecule has 0 N–H and O–H groups in total. The van der Waals surface area contributed by atoms with E-state index in [1.54, 1.807) is 0 Å². The van der Waals surface area contributed by atoms with Crippen molar-refractivity contribution in [2.24, 2.45) is 0 Å². The maximum absolute atomic E-state index is 2.59. The van der Waals surface area contributed by atoms with E-state index in [1.165, 1.54) is 204 Å². The minimum atomic E-state index is -0.337. The zero-order chi connectivity index (χ0) is 88.9. The van der Waals surface area contributed by atoms with Crippen molar-refractivity contribution in [3.8, 4) is 129 Å². The van der Waals surface area contributed by atoms with Gasteiger partial charge >= 0.3 is 0 Å². The fourth-order valence-electron chi connectivity index (χ4n) is 24.4. The molecule has 0 bridgehead atoms. The lowest BCUT2D eigenvalue weighted by Gasteiger charge is -2.22. The highest BCUT2D eigenvalue weighted by molar-refractivity contribution is 6.18. The molecule has 25 aromatic rings. The SMILES string of the molecule is CC1(C)c2ccc(-c3cccc(-c4cc(-c5ccc6c(c5)c5ccccc5n6-c5ccccc5)cc(-n5c6ccc(-c7ccc8c9ccccc9n(-c9ccccc9)c8c7)cc6c6cc7c(cc65)C(C)(C)c5ccccc5-7)c4)c3)cc2-c2cc3c4ccccc4n(-c4cc(-c5ccc6c(c5)c5ccccc5n6-c5ccccc5)cc(-c5cccc6c5-c5ccccc5C6(C)C)c4)c3cc21. The van der Waals surface area contributed by atoms with Crippen molar-refractivity contribution in [3.63, 3.8) is 0 Å². The van der Waals surface area contributed by atoms with Crippen LogP contribution in [0.15, 0.2) is 431 Å². The third kappa shape index (κ3) is 11.0. The summed E-state index contributed by atoms with van der Waals surface area (Å²) < 4.78 is 12.4. The number of hydrogen-bond acceptors (Lipinski definition) is 0. The summed E-state index contributed by atoms with van der Waals surface area (Å²) in [4.78, 5) is 0. The molecule has 0 amide bonds. The van der Waals surface area contributed by atoms with E-state index in [0.717, 1.165) is 67.3 Å². The molecule has 0 unspecified atom stereocenters. The molecule has 0 aliphatic heterocycles. The standard InChI is InChI=1S/C129H89N5/c1-127(2)111-46-23-17-43-101(111)126-94(44-29-47-113(126)127)88-64-87(83-56-61-121-106(72-83)98-41-20-26-50-118(98)131(121)90-34-12-8-13-35-90)67-93(68-88)133-119-51-27-21-42-99(119)108-75-104-102-69-80(53-58-112(102)129(5,6)115(104)77-124(108)133)78-30-28-31-79(62-78)85-63-86(82-55-60-120-105(71-82)97-40-19-25-49-117(97)130(120)89-32-10-7-11-33-89)66-92(65-85)134-122-59-54-81(70-107(122)109-74-103-95-38-16-22-45-110(95)128(3,4)114(103)76-125(109)134)84-52-57-100-96-39-18-24-48-116(96)132(123(100)73-84)91-36-14-9-15-37-91/h7-77H,1-6H3. The number of rotatable bonds is 11. The Morgan fingerprint density at radius 1 is 0.134 bits per heavy atom. The van der Waals surface area contributed by atoms with Gasteiger partial charge in [-0.25, -0.2) is 0 Å². The van der Waals surface area contributed by atoms with E-state index >= 15 is 0 Å². The van der Waals surface area contributed by atoms with Gasteiger partial charge in [0.05, 0.1) is 55.2 Å². The largest absolute Gasteiger partial charge is 0.309 e. The van der Waals surface area contributed by atoms with Crippen LogP contribution in [-0.4, -0.2) is 22.8 Å². The fraction of sp³-hybridized carbons (Fsp3) is 0.0698. The molecular weight excluding hydrogens is 1620 g/mol. The zero-order valence-electron chi connectivity index (χ0n) is 75.2. The van der Waals surface area contributed by atoms with Gasteiger partial charge in [-0.15, -0.1) is 0 Å². The van der Waals surface area contributed by atoms with E-state index in [1.807, 2.05) is 0 Å². The zero-order valence-corrected chi connectivity index (χ0v) is 75.2. The second kappa shape index (κ2) is 28.2. The fourth-order valence-corrected chi connectivity index (χ4v) is 24.4. The normalized spacial score (nSPS) is 13.8. The van der Waals surface area contributed by atoms with Crippen LogP contribution in [0.25, 0.3) is 238 Å². The second-order valence-corrected chi connectivity index (χ2v) is 39.1. The molecule has 0 saturated heterocycles. The number of fused-ring (bicyclic) bond motifs is 24. The number of para-hydroxylation sites is 7. The molecule has 3 aliphatic rings. The summed E-state index contributed by atoms with van der Waals surface area (Å²) in [6.07, 6.45) is 0. The lowest BCUT2D eigenvalue weighted by molar-refractivity contribution is 0.660. The molecule has 5 heterocycles. The van der Waals surface area contributed by atoms with E-state index in [2.05, 4.69) is 495 Å². The minimum absolute atomic E-state index is 0.169. The summed E-state index contributed by atoms with van der Waals surface area (Å²) in [6, 6.07) is 164. The number of aromatic nitrogens is 5. The molecule has 0 saturated carbocycles. The Bertz CT molecular complexity index is 9400. The molecule has 5 nitrogen and oxygen atoms in total. The van der Waals surface area contributed by atoms with Crippen LogP contribution in [0.5, 0.6) is 0 Å². The number of nitrogens with zero attached hydrogens (tertiary/aromatic N) is 5. The first-order valence-corrected chi connectivity index (χ1v) is 47.1. The van der Waals surface area contributed by atoms with E-state index < -0.39 is 0 Å². The predicted molar refractivity (Wildman–Crippen MR) is 563 cm³/mol. The molecule has 630 valence electrons. The summed E-state index contributed by atoms with van der Waals surface area (Å²) in [5.74, 6) is 0. The first kappa shape index (κ1) is 76.3. The summed E-state index contributed by atoms with van der Waals surface area (Å²) >= 11 is 0. The lowest BCUT2D eigenvalue weighted by atomic mass is 9.82. The Balaban J connectivity index is 0.612. The molecular formula is C129H89N5. The highest BCUT2D eigenvalue weighted by Gasteiger charge is 2.41. The van der Waals surface area contributed by atoms with E-state index in [-0.39, 0.29) is 16.2 Å². The van der Waals surface area contributed by atoms with E-state index in [0.29, 0.717) is 0 Å². The molecule has 5 heteroatoms. The minimum Gasteiger partial charge on any atom is -0.309 e. The van der Waals surface area contributed by atoms with Gasteiger partial charge in [0.2, 0.25) is 0 Å². The van der Waals surface area contributed by atoms with Crippen LogP contribution in [0.2, 0.25) is 0 Å². The summed E-state index contributed by atoms with van der Waals surface area (Å²) in [5.41, 5.74) is 46.6. The first-order chi connectivity index (χ1) is 65.7. The molecule has 0 atom stereocenters. The first-order valence-electron chi connectivity index (χ1n) is 47.1. The topological polar surface area (TPSA) is 24.6 Å². The van der Waals surface area contributed by atoms with Gasteiger partial charge in [-0.2, -0.15) is 0 Å². The monoisotopic (exact) mass is 1710 g/mol. The van der Waals surface area contributed by atoms with Crippen LogP contribution in [0, 0.1) is 0 Å². The highest BCUT2D eigenvalue weighted by Crippen LogP contribution is 2.57. The molecule has 20 aromatic carbocycles. The van der Waals surface area contributed by atoms with Crippen molar-refractivity contribution in [1.29, 1.82) is 0 Å². The third-order valence-electron chi connectivity index (χ3n) is 30.8. The molecule has 0 radical (unpaired) electrons. The average molecular weight is 1710 g/mol. The molecule has 3 aliphatic carbocycles. The maximum Gasteiger partial charge on any atom is 0.0547 e. The van der Waals surface area contributed by atoms with Crippen molar-refractivity contribution < 1.29 is 0 Å². The maximum atomic E-state index is 2.59. The average Bonchev–Trinajstić information content (AvgIpc) is 1.55. The van der Waals surface area contributed by atoms with Crippen molar-refractivity contribution in [2.75, 3.05) is 0 Å². The van der Waals surface area contributed by atoms with Gasteiger partial charge in [0.1, 0.15) is 0 Å². The number of benzene rings is 20. The molecule has 0 fully saturated rings. The van der Waals surface area contributed by atoms with E-state index in [4.69, 9.17) is 0 Å². The second-order valence-electron chi connectivity index (χ2n) is 39.1. The lowest BCUT2D eigenvalue weighted by Crippen LogP contribution is -2.15. The van der Waals surface area contributed by atoms with Crippen LogP contribution in [-0.2, 0) is 16.2 Å². The van der Waals surface area contributed by atoms with Gasteiger partial charge in [0.25, 0.3) is 0 Å². The molecule has 5 aromatic heterocycles. The van der Waals surface area contributed by atoms with Crippen molar-refractivity contribution in [1.82, 2.24) is 22.8 Å². The Morgan fingerprint density at radius 2 is 0.425 bits per heavy atom. The highest BCUT2D eigenvalue weighted by atomic mass is 15.0. The van der Waals surface area contributed by atoms with Gasteiger partial charge < -0.3 is 22.8 Å². The quantitative estimate of drug-likeness (QED) is 0.123. The number of hydrogen-bond donors (Lipinski definition) is 0. The van der Waals surface area contributed by atoms with Crippen molar-refractivity contribution in [3.05, 3.63) is 464 Å². The van der Waals surface area contributed by atoms with Crippen LogP contribution in [0.1, 0.15) is 74.9 Å². The molecule has 28 rings (SSSR count). The Hall–Kier alpha value is -16.6. The van der Waals surface area contributed by atoms with Crippen LogP contribution >= 0.6 is 0 Å². The van der Waals surface area contributed by atoms with Gasteiger partial charge in [-0.05, 0) is 309 Å². The van der Waals surface area contributed by atoms with Crippen LogP contribution < -0.4 is 0 Å².